The summed E-state index contributed by atoms with van der Waals surface area (Å²) >= 11 is 12.6. The summed E-state index contributed by atoms with van der Waals surface area (Å²) in [4.78, 5) is 15.3. The number of fused-ring (bicyclic) bond motifs is 1. The lowest BCUT2D eigenvalue weighted by molar-refractivity contribution is 0.0730. The zero-order valence-corrected chi connectivity index (χ0v) is 18.3. The van der Waals surface area contributed by atoms with Crippen LogP contribution in [0.3, 0.4) is 0 Å². The lowest BCUT2D eigenvalue weighted by Crippen LogP contribution is -2.29. The van der Waals surface area contributed by atoms with Crippen LogP contribution in [0.4, 0.5) is 0 Å². The minimum Gasteiger partial charge on any atom is -0.322 e. The first-order chi connectivity index (χ1) is 15.0. The van der Waals surface area contributed by atoms with Gasteiger partial charge < -0.3 is 4.90 Å². The van der Waals surface area contributed by atoms with E-state index in [2.05, 4.69) is 10.2 Å². The number of hydrogen-bond acceptors (Lipinski definition) is 2. The number of amides is 1. The Balaban J connectivity index is 1.65. The van der Waals surface area contributed by atoms with Crippen molar-refractivity contribution in [3.63, 3.8) is 0 Å². The van der Waals surface area contributed by atoms with Crippen LogP contribution in [0.2, 0.25) is 10.0 Å². The quantitative estimate of drug-likeness (QED) is 0.391. The molecule has 1 aliphatic heterocycles. The number of aryl methyl sites for hydroxylation is 1. The third kappa shape index (κ3) is 3.52. The molecule has 31 heavy (non-hydrogen) atoms. The van der Waals surface area contributed by atoms with E-state index < -0.39 is 0 Å². The SMILES string of the molecule is Cc1ccc(-c2n[nH]c3c2C(c2ccc(Cl)cc2)N(Cc2ccccc2Cl)C3=O)cc1. The zero-order chi connectivity index (χ0) is 21.5. The molecule has 0 spiro atoms. The Morgan fingerprint density at radius 2 is 1.68 bits per heavy atom. The van der Waals surface area contributed by atoms with Gasteiger partial charge >= 0.3 is 0 Å². The first kappa shape index (κ1) is 19.9. The van der Waals surface area contributed by atoms with E-state index in [-0.39, 0.29) is 11.9 Å². The highest BCUT2D eigenvalue weighted by Gasteiger charge is 2.42. The number of aromatic nitrogens is 2. The molecule has 1 aliphatic rings. The highest BCUT2D eigenvalue weighted by molar-refractivity contribution is 6.31. The van der Waals surface area contributed by atoms with Crippen LogP contribution in [-0.2, 0) is 6.54 Å². The molecule has 4 nitrogen and oxygen atoms in total. The van der Waals surface area contributed by atoms with Crippen molar-refractivity contribution in [3.8, 4) is 11.3 Å². The average molecular weight is 448 g/mol. The van der Waals surface area contributed by atoms with Gasteiger partial charge in [-0.3, -0.25) is 9.89 Å². The second-order valence-electron chi connectivity index (χ2n) is 7.71. The van der Waals surface area contributed by atoms with Crippen molar-refractivity contribution in [2.24, 2.45) is 0 Å². The largest absolute Gasteiger partial charge is 0.322 e. The van der Waals surface area contributed by atoms with Gasteiger partial charge in [0.1, 0.15) is 5.69 Å². The molecule has 0 saturated heterocycles. The maximum Gasteiger partial charge on any atom is 0.273 e. The lowest BCUT2D eigenvalue weighted by Gasteiger charge is -2.27. The number of benzene rings is 3. The van der Waals surface area contributed by atoms with Crippen LogP contribution in [0.25, 0.3) is 11.3 Å². The molecule has 3 aromatic carbocycles. The second-order valence-corrected chi connectivity index (χ2v) is 8.55. The average Bonchev–Trinajstić information content (AvgIpc) is 3.31. The molecule has 0 saturated carbocycles. The molecule has 154 valence electrons. The van der Waals surface area contributed by atoms with Crippen LogP contribution in [0, 0.1) is 6.92 Å². The number of nitrogens with one attached hydrogen (secondary N) is 1. The Morgan fingerprint density at radius 1 is 0.968 bits per heavy atom. The molecule has 6 heteroatoms. The minimum atomic E-state index is -0.300. The van der Waals surface area contributed by atoms with Crippen LogP contribution in [0.1, 0.15) is 38.8 Å². The van der Waals surface area contributed by atoms with Crippen LogP contribution in [-0.4, -0.2) is 21.0 Å². The van der Waals surface area contributed by atoms with Crippen LogP contribution in [0.5, 0.6) is 0 Å². The Morgan fingerprint density at radius 3 is 2.39 bits per heavy atom. The zero-order valence-electron chi connectivity index (χ0n) is 16.8. The lowest BCUT2D eigenvalue weighted by atomic mass is 9.95. The monoisotopic (exact) mass is 447 g/mol. The Labute approximate surface area is 190 Å². The number of nitrogens with zero attached hydrogens (tertiary/aromatic N) is 2. The fraction of sp³-hybridized carbons (Fsp3) is 0.120. The highest BCUT2D eigenvalue weighted by atomic mass is 35.5. The van der Waals surface area contributed by atoms with Crippen molar-refractivity contribution in [1.29, 1.82) is 0 Å². The summed E-state index contributed by atoms with van der Waals surface area (Å²) < 4.78 is 0. The van der Waals surface area contributed by atoms with Gasteiger partial charge in [-0.2, -0.15) is 5.10 Å². The number of carbonyl (C=O) groups is 1. The number of carbonyl (C=O) groups excluding carboxylic acids is 1. The van der Waals surface area contributed by atoms with E-state index in [0.29, 0.717) is 22.3 Å². The molecule has 0 fully saturated rings. The van der Waals surface area contributed by atoms with Gasteiger partial charge in [-0.1, -0.05) is 83.4 Å². The van der Waals surface area contributed by atoms with E-state index in [1.165, 1.54) is 5.56 Å². The number of H-pyrrole nitrogens is 1. The van der Waals surface area contributed by atoms with E-state index in [1.54, 1.807) is 0 Å². The number of halogens is 2. The molecule has 1 aromatic heterocycles. The molecule has 0 radical (unpaired) electrons. The fourth-order valence-electron chi connectivity index (χ4n) is 4.09. The Kier molecular flexibility index (Phi) is 5.05. The number of aromatic amines is 1. The van der Waals surface area contributed by atoms with Crippen molar-refractivity contribution in [2.75, 3.05) is 0 Å². The van der Waals surface area contributed by atoms with Gasteiger partial charge in [-0.25, -0.2) is 0 Å². The van der Waals surface area contributed by atoms with Crippen molar-refractivity contribution < 1.29 is 4.79 Å². The van der Waals surface area contributed by atoms with E-state index in [0.717, 1.165) is 27.9 Å². The Hall–Kier alpha value is -3.08. The molecule has 2 heterocycles. The van der Waals surface area contributed by atoms with E-state index in [4.69, 9.17) is 23.2 Å². The minimum absolute atomic E-state index is 0.0965. The summed E-state index contributed by atoms with van der Waals surface area (Å²) in [6, 6.07) is 23.1. The van der Waals surface area contributed by atoms with Gasteiger partial charge in [-0.15, -0.1) is 0 Å². The summed E-state index contributed by atoms with van der Waals surface area (Å²) in [7, 11) is 0. The summed E-state index contributed by atoms with van der Waals surface area (Å²) in [5.74, 6) is -0.0965. The van der Waals surface area contributed by atoms with Gasteiger partial charge in [0.15, 0.2) is 0 Å². The van der Waals surface area contributed by atoms with E-state index in [1.807, 2.05) is 84.6 Å². The van der Waals surface area contributed by atoms with Crippen LogP contribution < -0.4 is 0 Å². The second kappa shape index (κ2) is 7.88. The van der Waals surface area contributed by atoms with Crippen molar-refractivity contribution in [2.45, 2.75) is 19.5 Å². The van der Waals surface area contributed by atoms with Crippen molar-refractivity contribution in [3.05, 3.63) is 111 Å². The van der Waals surface area contributed by atoms with Gasteiger partial charge in [0.2, 0.25) is 0 Å². The van der Waals surface area contributed by atoms with Gasteiger partial charge in [0, 0.05) is 27.7 Å². The summed E-state index contributed by atoms with van der Waals surface area (Å²) in [5.41, 5.74) is 6.18. The molecule has 1 amide bonds. The third-order valence-corrected chi connectivity index (χ3v) is 6.29. The number of rotatable bonds is 4. The molecular weight excluding hydrogens is 429 g/mol. The fourth-order valence-corrected chi connectivity index (χ4v) is 4.41. The van der Waals surface area contributed by atoms with Gasteiger partial charge in [0.05, 0.1) is 11.7 Å². The van der Waals surface area contributed by atoms with Gasteiger partial charge in [-0.05, 0) is 36.2 Å². The summed E-state index contributed by atoms with van der Waals surface area (Å²) in [5, 5.41) is 8.79. The van der Waals surface area contributed by atoms with Crippen LogP contribution >= 0.6 is 23.2 Å². The first-order valence-corrected chi connectivity index (χ1v) is 10.7. The predicted octanol–water partition coefficient (Wildman–Crippen LogP) is 6.44. The smallest absolute Gasteiger partial charge is 0.273 e. The summed E-state index contributed by atoms with van der Waals surface area (Å²) in [6.45, 7) is 2.44. The van der Waals surface area contributed by atoms with E-state index in [9.17, 15) is 4.79 Å². The topological polar surface area (TPSA) is 49.0 Å². The summed E-state index contributed by atoms with van der Waals surface area (Å²) in [6.07, 6.45) is 0. The molecule has 4 aromatic rings. The first-order valence-electron chi connectivity index (χ1n) is 9.98. The molecule has 0 bridgehead atoms. The normalized spacial score (nSPS) is 15.4. The maximum absolute atomic E-state index is 13.4. The highest BCUT2D eigenvalue weighted by Crippen LogP contribution is 2.44. The molecule has 5 rings (SSSR count). The van der Waals surface area contributed by atoms with Crippen molar-refractivity contribution in [1.82, 2.24) is 15.1 Å². The van der Waals surface area contributed by atoms with Crippen LogP contribution in [0.15, 0.2) is 72.8 Å². The molecular formula is C25H19Cl2N3O. The maximum atomic E-state index is 13.4. The third-order valence-electron chi connectivity index (χ3n) is 5.67. The standard InChI is InChI=1S/C25H19Cl2N3O/c1-15-6-8-16(9-7-15)22-21-23(29-28-22)25(31)30(14-18-4-2-3-5-20(18)27)24(21)17-10-12-19(26)13-11-17/h2-13,24H,14H2,1H3,(H,28,29). The van der Waals surface area contributed by atoms with E-state index >= 15 is 0 Å². The van der Waals surface area contributed by atoms with Gasteiger partial charge in [0.25, 0.3) is 5.91 Å². The predicted molar refractivity (Wildman–Crippen MR) is 123 cm³/mol. The van der Waals surface area contributed by atoms with Crippen molar-refractivity contribution >= 4 is 29.1 Å². The molecule has 0 aliphatic carbocycles. The molecule has 1 unspecified atom stereocenters. The molecule has 1 N–H and O–H groups in total. The molecule has 1 atom stereocenters. The Bertz CT molecular complexity index is 1260. The number of hydrogen-bond donors (Lipinski definition) is 1.